The molecule has 10 heteroatoms. The van der Waals surface area contributed by atoms with E-state index < -0.39 is 22.0 Å². The first-order valence-electron chi connectivity index (χ1n) is 8.54. The lowest BCUT2D eigenvalue weighted by Gasteiger charge is -2.34. The predicted molar refractivity (Wildman–Crippen MR) is 89.8 cm³/mol. The van der Waals surface area contributed by atoms with E-state index in [4.69, 9.17) is 9.63 Å². The average molecular weight is 385 g/mol. The molecule has 1 aliphatic heterocycles. The normalized spacial score (nSPS) is 23.0. The van der Waals surface area contributed by atoms with E-state index in [1.165, 1.54) is 20.8 Å². The number of carboxylic acid groups (broad SMARTS) is 1. The lowest BCUT2D eigenvalue weighted by molar-refractivity contribution is -0.140. The molecule has 1 aromatic heterocycles. The number of sulfonamides is 1. The molecule has 1 saturated heterocycles. The number of nitrogens with zero attached hydrogens (tertiary/aromatic N) is 2. The Hall–Kier alpha value is -1.94. The fourth-order valence-electron chi connectivity index (χ4n) is 3.90. The van der Waals surface area contributed by atoms with Gasteiger partial charge in [-0.15, -0.1) is 0 Å². The molecule has 1 aromatic rings. The number of hydrogen-bond donors (Lipinski definition) is 2. The summed E-state index contributed by atoms with van der Waals surface area (Å²) in [4.78, 5) is 25.3. The zero-order valence-electron chi connectivity index (χ0n) is 15.0. The van der Waals surface area contributed by atoms with E-state index in [1.54, 1.807) is 4.90 Å². The maximum Gasteiger partial charge on any atom is 0.307 e. The van der Waals surface area contributed by atoms with Crippen LogP contribution in [0.3, 0.4) is 0 Å². The van der Waals surface area contributed by atoms with Crippen LogP contribution in [0.2, 0.25) is 0 Å². The number of piperidine rings is 1. The molecule has 1 spiro atoms. The van der Waals surface area contributed by atoms with E-state index in [-0.39, 0.29) is 33.6 Å². The van der Waals surface area contributed by atoms with Gasteiger partial charge in [0.1, 0.15) is 10.6 Å². The molecule has 0 aromatic carbocycles. The molecule has 144 valence electrons. The zero-order chi connectivity index (χ0) is 19.3. The van der Waals surface area contributed by atoms with Crippen LogP contribution in [0.25, 0.3) is 0 Å². The number of nitrogens with one attached hydrogen (secondary N) is 1. The molecule has 1 amide bonds. The van der Waals surface area contributed by atoms with Crippen LogP contribution in [0, 0.1) is 25.2 Å². The Morgan fingerprint density at radius 3 is 2.42 bits per heavy atom. The number of carbonyl (C=O) groups is 2. The first-order chi connectivity index (χ1) is 12.1. The SMILES string of the molecule is Cc1noc(C)c1S(=O)(=O)NC(C)C(=O)N1CCC2(CC1)CC2C(=O)O. The van der Waals surface area contributed by atoms with Crippen molar-refractivity contribution < 1.29 is 27.6 Å². The predicted octanol–water partition coefficient (Wildman–Crippen LogP) is 0.672. The smallest absolute Gasteiger partial charge is 0.307 e. The molecule has 0 bridgehead atoms. The third kappa shape index (κ3) is 3.23. The van der Waals surface area contributed by atoms with Gasteiger partial charge in [0.15, 0.2) is 5.76 Å². The van der Waals surface area contributed by atoms with Crippen LogP contribution in [-0.4, -0.2) is 54.6 Å². The number of carbonyl (C=O) groups excluding carboxylic acids is 1. The van der Waals surface area contributed by atoms with Crippen molar-refractivity contribution in [1.29, 1.82) is 0 Å². The van der Waals surface area contributed by atoms with Gasteiger partial charge in [0.25, 0.3) is 0 Å². The molecule has 2 atom stereocenters. The molecule has 1 saturated carbocycles. The van der Waals surface area contributed by atoms with Crippen LogP contribution in [-0.2, 0) is 19.6 Å². The Balaban J connectivity index is 1.62. The molecular formula is C16H23N3O6S. The second-order valence-corrected chi connectivity index (χ2v) is 8.93. The van der Waals surface area contributed by atoms with E-state index >= 15 is 0 Å². The summed E-state index contributed by atoms with van der Waals surface area (Å²) in [6.07, 6.45) is 1.94. The number of aliphatic carboxylic acids is 1. The van der Waals surface area contributed by atoms with Crippen LogP contribution in [0.5, 0.6) is 0 Å². The van der Waals surface area contributed by atoms with Gasteiger partial charge < -0.3 is 14.5 Å². The minimum absolute atomic E-state index is 0.0444. The van der Waals surface area contributed by atoms with Crippen LogP contribution >= 0.6 is 0 Å². The van der Waals surface area contributed by atoms with Crippen molar-refractivity contribution in [3.05, 3.63) is 11.5 Å². The van der Waals surface area contributed by atoms with Crippen LogP contribution in [0.1, 0.15) is 37.6 Å². The van der Waals surface area contributed by atoms with Gasteiger partial charge in [-0.05, 0) is 45.4 Å². The largest absolute Gasteiger partial charge is 0.481 e. The highest BCUT2D eigenvalue weighted by atomic mass is 32.2. The number of aromatic nitrogens is 1. The topological polar surface area (TPSA) is 130 Å². The summed E-state index contributed by atoms with van der Waals surface area (Å²) in [6, 6.07) is -0.933. The molecule has 2 unspecified atom stereocenters. The Kier molecular flexibility index (Phi) is 4.60. The molecule has 9 nitrogen and oxygen atoms in total. The maximum absolute atomic E-state index is 12.6. The van der Waals surface area contributed by atoms with Crippen LogP contribution < -0.4 is 4.72 Å². The Bertz CT molecular complexity index is 819. The van der Waals surface area contributed by atoms with E-state index in [1.807, 2.05) is 0 Å². The fourth-order valence-corrected chi connectivity index (χ4v) is 5.42. The molecular weight excluding hydrogens is 362 g/mol. The molecule has 2 heterocycles. The number of carboxylic acids is 1. The van der Waals surface area contributed by atoms with Gasteiger partial charge in [0.2, 0.25) is 15.9 Å². The van der Waals surface area contributed by atoms with Crippen molar-refractivity contribution in [2.45, 2.75) is 51.0 Å². The molecule has 2 fully saturated rings. The van der Waals surface area contributed by atoms with Crippen molar-refractivity contribution in [3.8, 4) is 0 Å². The summed E-state index contributed by atoms with van der Waals surface area (Å²) in [7, 11) is -3.92. The molecule has 2 N–H and O–H groups in total. The third-order valence-corrected chi connectivity index (χ3v) is 7.28. The summed E-state index contributed by atoms with van der Waals surface area (Å²) in [6.45, 7) is 5.41. The highest BCUT2D eigenvalue weighted by Gasteiger charge is 2.59. The summed E-state index contributed by atoms with van der Waals surface area (Å²) >= 11 is 0. The number of amides is 1. The maximum atomic E-state index is 12.6. The second kappa shape index (κ2) is 6.34. The van der Waals surface area contributed by atoms with Crippen LogP contribution in [0.4, 0.5) is 0 Å². The zero-order valence-corrected chi connectivity index (χ0v) is 15.8. The van der Waals surface area contributed by atoms with Gasteiger partial charge >= 0.3 is 5.97 Å². The van der Waals surface area contributed by atoms with Gasteiger partial charge in [-0.1, -0.05) is 5.16 Å². The summed E-state index contributed by atoms with van der Waals surface area (Å²) in [5.41, 5.74) is 0.0604. The van der Waals surface area contributed by atoms with Crippen molar-refractivity contribution in [3.63, 3.8) is 0 Å². The average Bonchev–Trinajstić information content (AvgIpc) is 3.15. The summed E-state index contributed by atoms with van der Waals surface area (Å²) < 4.78 is 32.3. The lowest BCUT2D eigenvalue weighted by Crippen LogP contribution is -2.49. The number of aryl methyl sites for hydroxylation is 2. The standard InChI is InChI=1S/C16H23N3O6S/c1-9-13(11(3)25-17-9)26(23,24)18-10(2)14(20)19-6-4-16(5-7-19)8-12(16)15(21)22/h10,12,18H,4-8H2,1-3H3,(H,21,22). The summed E-state index contributed by atoms with van der Waals surface area (Å²) in [5.74, 6) is -1.23. The quantitative estimate of drug-likeness (QED) is 0.762. The molecule has 1 aliphatic carbocycles. The number of rotatable bonds is 5. The Morgan fingerprint density at radius 1 is 1.35 bits per heavy atom. The van der Waals surface area contributed by atoms with E-state index in [0.717, 1.165) is 0 Å². The summed E-state index contributed by atoms with van der Waals surface area (Å²) in [5, 5.41) is 12.8. The first-order valence-corrected chi connectivity index (χ1v) is 10.0. The second-order valence-electron chi connectivity index (χ2n) is 7.28. The van der Waals surface area contributed by atoms with Gasteiger partial charge in [-0.25, -0.2) is 8.42 Å². The highest BCUT2D eigenvalue weighted by molar-refractivity contribution is 7.89. The van der Waals surface area contributed by atoms with Gasteiger partial charge in [0.05, 0.1) is 12.0 Å². The molecule has 2 aliphatic rings. The van der Waals surface area contributed by atoms with Crippen molar-refractivity contribution >= 4 is 21.9 Å². The van der Waals surface area contributed by atoms with E-state index in [2.05, 4.69) is 9.88 Å². The molecule has 3 rings (SSSR count). The lowest BCUT2D eigenvalue weighted by atomic mass is 9.90. The Labute approximate surface area is 151 Å². The number of hydrogen-bond acceptors (Lipinski definition) is 6. The first kappa shape index (κ1) is 18.8. The monoisotopic (exact) mass is 385 g/mol. The van der Waals surface area contributed by atoms with E-state index in [9.17, 15) is 18.0 Å². The number of likely N-dealkylation sites (tertiary alicyclic amines) is 1. The fraction of sp³-hybridized carbons (Fsp3) is 0.688. The van der Waals surface area contributed by atoms with Crippen molar-refractivity contribution in [1.82, 2.24) is 14.8 Å². The molecule has 26 heavy (non-hydrogen) atoms. The van der Waals surface area contributed by atoms with Gasteiger partial charge in [0, 0.05) is 13.1 Å². The molecule has 0 radical (unpaired) electrons. The van der Waals surface area contributed by atoms with E-state index in [0.29, 0.717) is 32.4 Å². The van der Waals surface area contributed by atoms with Gasteiger partial charge in [-0.3, -0.25) is 9.59 Å². The van der Waals surface area contributed by atoms with Crippen LogP contribution in [0.15, 0.2) is 9.42 Å². The highest BCUT2D eigenvalue weighted by Crippen LogP contribution is 2.59. The van der Waals surface area contributed by atoms with Crippen molar-refractivity contribution in [2.24, 2.45) is 11.3 Å². The Morgan fingerprint density at radius 2 is 1.96 bits per heavy atom. The van der Waals surface area contributed by atoms with Crippen molar-refractivity contribution in [2.75, 3.05) is 13.1 Å². The minimum atomic E-state index is -3.92. The minimum Gasteiger partial charge on any atom is -0.481 e. The third-order valence-electron chi connectivity index (χ3n) is 5.50. The van der Waals surface area contributed by atoms with Gasteiger partial charge in [-0.2, -0.15) is 4.72 Å².